The largest absolute Gasteiger partial charge is 0.453 e. The van der Waals surface area contributed by atoms with Crippen molar-refractivity contribution in [2.75, 3.05) is 34.3 Å². The Bertz CT molecular complexity index is 601. The monoisotopic (exact) mass is 352 g/mol. The van der Waals surface area contributed by atoms with E-state index in [0.717, 1.165) is 5.56 Å². The molecule has 0 bridgehead atoms. The standard InChI is InChI=1S/C15H22BN2O5P/c1-17(2)24(20,18-9-13(16)23-14(10-18)21-3)15(19)22-11-12-7-5-4-6-8-12/h4-8,13-14H,9-11H2,1-3H3. The highest BCUT2D eigenvalue weighted by Crippen LogP contribution is 2.54. The van der Waals surface area contributed by atoms with Crippen LogP contribution >= 0.6 is 7.44 Å². The van der Waals surface area contributed by atoms with Gasteiger partial charge in [0.05, 0.1) is 6.54 Å². The third-order valence-electron chi connectivity index (χ3n) is 3.71. The summed E-state index contributed by atoms with van der Waals surface area (Å²) in [6.07, 6.45) is -0.649. The van der Waals surface area contributed by atoms with Crippen LogP contribution in [0.4, 0.5) is 4.79 Å². The Labute approximate surface area is 143 Å². The lowest BCUT2D eigenvalue weighted by molar-refractivity contribution is -0.165. The molecule has 24 heavy (non-hydrogen) atoms. The first-order valence-corrected chi connectivity index (χ1v) is 9.17. The van der Waals surface area contributed by atoms with Crippen molar-refractivity contribution >= 4 is 21.0 Å². The van der Waals surface area contributed by atoms with Crippen molar-refractivity contribution in [2.45, 2.75) is 18.9 Å². The summed E-state index contributed by atoms with van der Waals surface area (Å²) in [5.74, 6) is 0. The summed E-state index contributed by atoms with van der Waals surface area (Å²) in [5.41, 5.74) is 0.0462. The fourth-order valence-electron chi connectivity index (χ4n) is 2.42. The smallest absolute Gasteiger partial charge is 0.395 e. The Morgan fingerprint density at radius 1 is 1.38 bits per heavy atom. The molecule has 9 heteroatoms. The normalized spacial score (nSPS) is 24.5. The molecule has 1 aromatic carbocycles. The lowest BCUT2D eigenvalue weighted by Gasteiger charge is -2.41. The minimum atomic E-state index is -3.62. The highest BCUT2D eigenvalue weighted by atomic mass is 31.2. The molecule has 2 rings (SSSR count). The Morgan fingerprint density at radius 2 is 2.04 bits per heavy atom. The average Bonchev–Trinajstić information content (AvgIpc) is 2.58. The van der Waals surface area contributed by atoms with Gasteiger partial charge < -0.3 is 14.2 Å². The minimum Gasteiger partial charge on any atom is -0.453 e. The molecule has 3 atom stereocenters. The molecular weight excluding hydrogens is 330 g/mol. The Hall–Kier alpha value is -1.18. The van der Waals surface area contributed by atoms with Crippen molar-refractivity contribution in [1.29, 1.82) is 0 Å². The number of hydrogen-bond donors (Lipinski definition) is 0. The fourth-order valence-corrected chi connectivity index (χ4v) is 4.46. The molecule has 3 unspecified atom stereocenters. The number of hydrogen-bond acceptors (Lipinski definition) is 5. The summed E-state index contributed by atoms with van der Waals surface area (Å²) in [5, 5.41) is 0. The molecule has 0 aromatic heterocycles. The number of benzene rings is 1. The molecular formula is C15H22BN2O5P. The van der Waals surface area contributed by atoms with E-state index >= 15 is 0 Å². The number of nitrogens with zero attached hydrogens (tertiary/aromatic N) is 2. The molecule has 7 nitrogen and oxygen atoms in total. The Balaban J connectivity index is 2.13. The highest BCUT2D eigenvalue weighted by Gasteiger charge is 2.46. The van der Waals surface area contributed by atoms with Crippen LogP contribution in [0.15, 0.2) is 30.3 Å². The first-order chi connectivity index (χ1) is 11.4. The number of methoxy groups -OCH3 is 1. The second-order valence-corrected chi connectivity index (χ2v) is 8.46. The zero-order chi connectivity index (χ0) is 17.7. The van der Waals surface area contributed by atoms with Gasteiger partial charge in [0.25, 0.3) is 0 Å². The summed E-state index contributed by atoms with van der Waals surface area (Å²) in [7, 11) is 6.82. The Kier molecular flexibility index (Phi) is 6.60. The van der Waals surface area contributed by atoms with Gasteiger partial charge in [0.1, 0.15) is 14.5 Å². The zero-order valence-corrected chi connectivity index (χ0v) is 15.0. The van der Waals surface area contributed by atoms with Crippen molar-refractivity contribution in [3.05, 3.63) is 35.9 Å². The van der Waals surface area contributed by atoms with E-state index in [0.29, 0.717) is 0 Å². The maximum Gasteiger partial charge on any atom is 0.395 e. The van der Waals surface area contributed by atoms with Crippen molar-refractivity contribution < 1.29 is 23.6 Å². The van der Waals surface area contributed by atoms with Gasteiger partial charge in [-0.25, -0.2) is 14.1 Å². The van der Waals surface area contributed by atoms with E-state index in [1.807, 2.05) is 30.3 Å². The van der Waals surface area contributed by atoms with Gasteiger partial charge in [-0.15, -0.1) is 0 Å². The predicted octanol–water partition coefficient (Wildman–Crippen LogP) is 1.88. The summed E-state index contributed by atoms with van der Waals surface area (Å²) < 4.78 is 32.1. The number of rotatable bonds is 6. The van der Waals surface area contributed by atoms with Gasteiger partial charge in [0.2, 0.25) is 0 Å². The van der Waals surface area contributed by atoms with E-state index in [4.69, 9.17) is 22.1 Å². The van der Waals surface area contributed by atoms with Crippen molar-refractivity contribution in [2.24, 2.45) is 0 Å². The van der Waals surface area contributed by atoms with Crippen LogP contribution in [-0.4, -0.2) is 69.5 Å². The number of carbonyl (C=O) groups is 1. The molecule has 0 aliphatic carbocycles. The van der Waals surface area contributed by atoms with Crippen molar-refractivity contribution in [1.82, 2.24) is 9.34 Å². The molecule has 2 radical (unpaired) electrons. The summed E-state index contributed by atoms with van der Waals surface area (Å²) >= 11 is 0. The van der Waals surface area contributed by atoms with Crippen LogP contribution in [0.25, 0.3) is 0 Å². The van der Waals surface area contributed by atoms with Gasteiger partial charge in [0, 0.05) is 19.7 Å². The van der Waals surface area contributed by atoms with Crippen LogP contribution in [0, 0.1) is 0 Å². The molecule has 0 N–H and O–H groups in total. The van der Waals surface area contributed by atoms with E-state index in [1.165, 1.54) is 16.5 Å². The maximum absolute atomic E-state index is 13.4. The van der Waals surface area contributed by atoms with Crippen molar-refractivity contribution in [3.63, 3.8) is 0 Å². The highest BCUT2D eigenvalue weighted by molar-refractivity contribution is 7.75. The molecule has 1 fully saturated rings. The molecule has 1 saturated heterocycles. The Morgan fingerprint density at radius 3 is 2.62 bits per heavy atom. The van der Waals surface area contributed by atoms with Gasteiger partial charge in [-0.3, -0.25) is 4.57 Å². The van der Waals surface area contributed by atoms with Crippen LogP contribution < -0.4 is 0 Å². The summed E-state index contributed by atoms with van der Waals surface area (Å²) in [6.45, 7) is 0.372. The van der Waals surface area contributed by atoms with Crippen LogP contribution in [0.5, 0.6) is 0 Å². The molecule has 130 valence electrons. The fraction of sp³-hybridized carbons (Fsp3) is 0.533. The van der Waals surface area contributed by atoms with Crippen LogP contribution in [0.2, 0.25) is 0 Å². The van der Waals surface area contributed by atoms with Crippen LogP contribution in [0.3, 0.4) is 0 Å². The van der Waals surface area contributed by atoms with Gasteiger partial charge in [-0.1, -0.05) is 30.3 Å². The zero-order valence-electron chi connectivity index (χ0n) is 14.1. The molecule has 1 aliphatic heterocycles. The van der Waals surface area contributed by atoms with E-state index < -0.39 is 25.4 Å². The molecule has 1 aliphatic rings. The van der Waals surface area contributed by atoms with Crippen LogP contribution in [-0.2, 0) is 25.4 Å². The lowest BCUT2D eigenvalue weighted by Crippen LogP contribution is -2.49. The van der Waals surface area contributed by atoms with E-state index in [9.17, 15) is 9.36 Å². The SMILES string of the molecule is [B]C1CN(P(=O)(C(=O)OCc2ccccc2)N(C)C)CC(OC)O1. The topological polar surface area (TPSA) is 68.3 Å². The van der Waals surface area contributed by atoms with E-state index in [-0.39, 0.29) is 19.7 Å². The lowest BCUT2D eigenvalue weighted by atomic mass is 9.99. The second-order valence-electron chi connectivity index (χ2n) is 5.64. The average molecular weight is 352 g/mol. The van der Waals surface area contributed by atoms with Gasteiger partial charge in [-0.05, 0) is 19.7 Å². The van der Waals surface area contributed by atoms with Crippen molar-refractivity contribution in [3.8, 4) is 0 Å². The number of carbonyl (C=O) groups excluding carboxylic acids is 1. The van der Waals surface area contributed by atoms with Gasteiger partial charge in [0.15, 0.2) is 6.29 Å². The third kappa shape index (κ3) is 4.26. The van der Waals surface area contributed by atoms with E-state index in [1.54, 1.807) is 14.1 Å². The molecule has 1 heterocycles. The van der Waals surface area contributed by atoms with E-state index in [2.05, 4.69) is 0 Å². The van der Waals surface area contributed by atoms with Crippen LogP contribution in [0.1, 0.15) is 5.56 Å². The summed E-state index contributed by atoms with van der Waals surface area (Å²) in [4.78, 5) is 12.6. The number of morpholine rings is 1. The van der Waals surface area contributed by atoms with Gasteiger partial charge in [-0.2, -0.15) is 0 Å². The predicted molar refractivity (Wildman–Crippen MR) is 90.9 cm³/mol. The summed E-state index contributed by atoms with van der Waals surface area (Å²) in [6, 6.07) is 8.53. The van der Waals surface area contributed by atoms with Gasteiger partial charge >= 0.3 is 13.2 Å². The maximum atomic E-state index is 13.4. The minimum absolute atomic E-state index is 0.0571. The first kappa shape index (κ1) is 19.2. The number of ether oxygens (including phenoxy) is 3. The molecule has 0 spiro atoms. The molecule has 0 amide bonds. The first-order valence-electron chi connectivity index (χ1n) is 7.56. The molecule has 0 saturated carbocycles. The molecule has 1 aromatic rings. The quantitative estimate of drug-likeness (QED) is 0.572. The third-order valence-corrected chi connectivity index (χ3v) is 6.49. The second kappa shape index (κ2) is 8.27.